The molecule has 2 rings (SSSR count). The van der Waals surface area contributed by atoms with Gasteiger partial charge in [0, 0.05) is 11.5 Å². The molecular weight excluding hydrogens is 286 g/mol. The number of nitrogens with one attached hydrogen (secondary N) is 1. The Morgan fingerprint density at radius 1 is 1.68 bits per heavy atom. The number of amides is 1. The molecule has 1 aromatic heterocycles. The minimum Gasteiger partial charge on any atom is -0.376 e. The van der Waals surface area contributed by atoms with E-state index in [4.69, 9.17) is 21.1 Å². The van der Waals surface area contributed by atoms with Crippen molar-refractivity contribution in [3.63, 3.8) is 0 Å². The molecule has 0 bridgehead atoms. The van der Waals surface area contributed by atoms with E-state index in [0.717, 1.165) is 28.7 Å². The van der Waals surface area contributed by atoms with Crippen LogP contribution in [0.4, 0.5) is 0 Å². The van der Waals surface area contributed by atoms with E-state index in [9.17, 15) is 4.79 Å². The maximum Gasteiger partial charge on any atom is 0.249 e. The van der Waals surface area contributed by atoms with Crippen LogP contribution in [0, 0.1) is 0 Å². The summed E-state index contributed by atoms with van der Waals surface area (Å²) in [7, 11) is 0. The Morgan fingerprint density at radius 3 is 3.16 bits per heavy atom. The fraction of sp³-hybridized carbons (Fsp3) is 0.615. The average molecular weight is 304 g/mol. The highest BCUT2D eigenvalue weighted by atomic mass is 35.5. The second-order valence-corrected chi connectivity index (χ2v) is 6.33. The van der Waals surface area contributed by atoms with E-state index in [-0.39, 0.29) is 12.0 Å². The zero-order valence-corrected chi connectivity index (χ0v) is 12.4. The van der Waals surface area contributed by atoms with Crippen LogP contribution in [-0.2, 0) is 20.8 Å². The fourth-order valence-electron chi connectivity index (χ4n) is 1.87. The van der Waals surface area contributed by atoms with Crippen molar-refractivity contribution in [2.45, 2.75) is 38.5 Å². The molecule has 1 N–H and O–H groups in total. The van der Waals surface area contributed by atoms with Gasteiger partial charge in [-0.25, -0.2) is 0 Å². The first kappa shape index (κ1) is 14.8. The van der Waals surface area contributed by atoms with Crippen LogP contribution in [0.5, 0.6) is 0 Å². The smallest absolute Gasteiger partial charge is 0.249 e. The second-order valence-electron chi connectivity index (χ2n) is 4.53. The van der Waals surface area contributed by atoms with Gasteiger partial charge in [-0.3, -0.25) is 4.79 Å². The van der Waals surface area contributed by atoms with Crippen LogP contribution in [0.1, 0.15) is 24.6 Å². The Kier molecular flexibility index (Phi) is 5.63. The summed E-state index contributed by atoms with van der Waals surface area (Å²) in [5.41, 5.74) is 0. The van der Waals surface area contributed by atoms with Crippen molar-refractivity contribution in [2.75, 3.05) is 13.2 Å². The van der Waals surface area contributed by atoms with E-state index in [1.54, 1.807) is 6.92 Å². The summed E-state index contributed by atoms with van der Waals surface area (Å²) in [6.07, 6.45) is 1.78. The van der Waals surface area contributed by atoms with Crippen molar-refractivity contribution in [3.8, 4) is 0 Å². The van der Waals surface area contributed by atoms with Crippen molar-refractivity contribution in [2.24, 2.45) is 0 Å². The van der Waals surface area contributed by atoms with Crippen LogP contribution in [0.3, 0.4) is 0 Å². The number of carbonyl (C=O) groups is 1. The SMILES string of the molecule is C[C@@H](OC[C@@H]1CCCO1)C(=O)NCc1ccc(Cl)s1. The molecule has 0 aromatic carbocycles. The average Bonchev–Trinajstić information content (AvgIpc) is 3.04. The van der Waals surface area contributed by atoms with Crippen LogP contribution in [-0.4, -0.2) is 31.3 Å². The Bertz CT molecular complexity index is 418. The van der Waals surface area contributed by atoms with Gasteiger partial charge in [0.25, 0.3) is 0 Å². The van der Waals surface area contributed by atoms with Crippen LogP contribution in [0.15, 0.2) is 12.1 Å². The fourth-order valence-corrected chi connectivity index (χ4v) is 2.90. The molecule has 0 unspecified atom stereocenters. The third-order valence-corrected chi connectivity index (χ3v) is 4.22. The van der Waals surface area contributed by atoms with Crippen LogP contribution >= 0.6 is 22.9 Å². The predicted molar refractivity (Wildman–Crippen MR) is 75.6 cm³/mol. The molecule has 1 saturated heterocycles. The molecule has 0 saturated carbocycles. The van der Waals surface area contributed by atoms with Gasteiger partial charge in [-0.2, -0.15) is 0 Å². The van der Waals surface area contributed by atoms with E-state index < -0.39 is 6.10 Å². The Labute approximate surface area is 122 Å². The Balaban J connectivity index is 1.66. The minimum atomic E-state index is -0.459. The lowest BCUT2D eigenvalue weighted by atomic mass is 10.2. The molecule has 0 radical (unpaired) electrons. The van der Waals surface area contributed by atoms with E-state index in [1.165, 1.54) is 11.3 Å². The zero-order chi connectivity index (χ0) is 13.7. The van der Waals surface area contributed by atoms with Crippen LogP contribution in [0.25, 0.3) is 0 Å². The van der Waals surface area contributed by atoms with E-state index in [0.29, 0.717) is 13.2 Å². The lowest BCUT2D eigenvalue weighted by Crippen LogP contribution is -2.35. The lowest BCUT2D eigenvalue weighted by molar-refractivity contribution is -0.133. The number of carbonyl (C=O) groups excluding carboxylic acids is 1. The van der Waals surface area contributed by atoms with Crippen molar-refractivity contribution >= 4 is 28.8 Å². The van der Waals surface area contributed by atoms with Gasteiger partial charge in [-0.05, 0) is 31.9 Å². The molecule has 2 heterocycles. The summed E-state index contributed by atoms with van der Waals surface area (Å²) in [6, 6.07) is 3.73. The summed E-state index contributed by atoms with van der Waals surface area (Å²) in [4.78, 5) is 12.9. The van der Waals surface area contributed by atoms with E-state index >= 15 is 0 Å². The van der Waals surface area contributed by atoms with Crippen LogP contribution in [0.2, 0.25) is 4.34 Å². The molecule has 4 nitrogen and oxygen atoms in total. The highest BCUT2D eigenvalue weighted by Crippen LogP contribution is 2.21. The molecule has 0 spiro atoms. The van der Waals surface area contributed by atoms with Crippen molar-refractivity contribution < 1.29 is 14.3 Å². The van der Waals surface area contributed by atoms with E-state index in [1.807, 2.05) is 12.1 Å². The normalized spacial score (nSPS) is 20.4. The predicted octanol–water partition coefficient (Wildman–Crippen LogP) is 2.60. The van der Waals surface area contributed by atoms with E-state index in [2.05, 4.69) is 5.32 Å². The molecule has 106 valence electrons. The zero-order valence-electron chi connectivity index (χ0n) is 10.9. The van der Waals surface area contributed by atoms with Gasteiger partial charge in [0.15, 0.2) is 0 Å². The van der Waals surface area contributed by atoms with Crippen molar-refractivity contribution in [1.82, 2.24) is 5.32 Å². The van der Waals surface area contributed by atoms with Crippen molar-refractivity contribution in [3.05, 3.63) is 21.3 Å². The Morgan fingerprint density at radius 2 is 2.53 bits per heavy atom. The lowest BCUT2D eigenvalue weighted by Gasteiger charge is -2.15. The van der Waals surface area contributed by atoms with Gasteiger partial charge in [0.1, 0.15) is 6.10 Å². The quantitative estimate of drug-likeness (QED) is 0.879. The molecule has 0 aliphatic carbocycles. The molecule has 1 aliphatic heterocycles. The maximum absolute atomic E-state index is 11.8. The molecule has 1 fully saturated rings. The summed E-state index contributed by atoms with van der Waals surface area (Å²) in [5, 5.41) is 2.83. The van der Waals surface area contributed by atoms with Crippen LogP contribution < -0.4 is 5.32 Å². The summed E-state index contributed by atoms with van der Waals surface area (Å²) >= 11 is 7.29. The highest BCUT2D eigenvalue weighted by molar-refractivity contribution is 7.16. The molecule has 1 amide bonds. The van der Waals surface area contributed by atoms with Gasteiger partial charge in [-0.1, -0.05) is 11.6 Å². The molecule has 1 aromatic rings. The number of hydrogen-bond acceptors (Lipinski definition) is 4. The largest absolute Gasteiger partial charge is 0.376 e. The summed E-state index contributed by atoms with van der Waals surface area (Å²) in [5.74, 6) is -0.109. The molecular formula is C13H18ClNO3S. The Hall–Kier alpha value is -0.620. The summed E-state index contributed by atoms with van der Waals surface area (Å²) in [6.45, 7) is 3.53. The second kappa shape index (κ2) is 7.24. The third kappa shape index (κ3) is 4.76. The molecule has 2 atom stereocenters. The monoisotopic (exact) mass is 303 g/mol. The number of thiophene rings is 1. The highest BCUT2D eigenvalue weighted by Gasteiger charge is 2.19. The maximum atomic E-state index is 11.8. The third-order valence-electron chi connectivity index (χ3n) is 2.99. The van der Waals surface area contributed by atoms with Gasteiger partial charge < -0.3 is 14.8 Å². The standard InChI is InChI=1S/C13H18ClNO3S/c1-9(18-8-10-3-2-6-17-10)13(16)15-7-11-4-5-12(14)19-11/h4-5,9-10H,2-3,6-8H2,1H3,(H,15,16)/t9-,10+/m1/s1. The van der Waals surface area contributed by atoms with Gasteiger partial charge in [-0.15, -0.1) is 11.3 Å². The number of hydrogen-bond donors (Lipinski definition) is 1. The topological polar surface area (TPSA) is 47.6 Å². The number of halogens is 1. The number of ether oxygens (including phenoxy) is 2. The summed E-state index contributed by atoms with van der Waals surface area (Å²) < 4.78 is 11.7. The number of rotatable bonds is 6. The van der Waals surface area contributed by atoms with Gasteiger partial charge in [0.2, 0.25) is 5.91 Å². The minimum absolute atomic E-state index is 0.109. The molecule has 6 heteroatoms. The first-order valence-electron chi connectivity index (χ1n) is 6.40. The van der Waals surface area contributed by atoms with Crippen molar-refractivity contribution in [1.29, 1.82) is 0 Å². The molecule has 1 aliphatic rings. The molecule has 19 heavy (non-hydrogen) atoms. The first-order chi connectivity index (χ1) is 9.15. The van der Waals surface area contributed by atoms with Gasteiger partial charge in [0.05, 0.1) is 23.6 Å². The first-order valence-corrected chi connectivity index (χ1v) is 7.59. The van der Waals surface area contributed by atoms with Gasteiger partial charge >= 0.3 is 0 Å².